The van der Waals surface area contributed by atoms with E-state index >= 15 is 0 Å². The van der Waals surface area contributed by atoms with Gasteiger partial charge in [-0.1, -0.05) is 19.8 Å². The van der Waals surface area contributed by atoms with Crippen LogP contribution >= 0.6 is 0 Å². The maximum absolute atomic E-state index is 5.45. The van der Waals surface area contributed by atoms with Crippen molar-refractivity contribution in [2.24, 2.45) is 0 Å². The zero-order valence-electron chi connectivity index (χ0n) is 9.09. The SMILES string of the molecule is CCCC(CN1CCCCC1)OC. The molecule has 1 fully saturated rings. The average Bonchev–Trinajstić information content (AvgIpc) is 2.19. The Morgan fingerprint density at radius 3 is 2.46 bits per heavy atom. The van der Waals surface area contributed by atoms with Gasteiger partial charge in [0, 0.05) is 13.7 Å². The highest BCUT2D eigenvalue weighted by Crippen LogP contribution is 2.11. The highest BCUT2D eigenvalue weighted by Gasteiger charge is 2.14. The normalized spacial score (nSPS) is 21.7. The van der Waals surface area contributed by atoms with Gasteiger partial charge in [-0.05, 0) is 32.4 Å². The van der Waals surface area contributed by atoms with Crippen molar-refractivity contribution in [2.45, 2.75) is 45.1 Å². The zero-order chi connectivity index (χ0) is 9.52. The van der Waals surface area contributed by atoms with Gasteiger partial charge >= 0.3 is 0 Å². The first kappa shape index (κ1) is 11.0. The summed E-state index contributed by atoms with van der Waals surface area (Å²) in [6, 6.07) is 0. The number of ether oxygens (including phenoxy) is 1. The molecule has 78 valence electrons. The molecule has 13 heavy (non-hydrogen) atoms. The smallest absolute Gasteiger partial charge is 0.0698 e. The molecule has 0 saturated carbocycles. The molecule has 2 heteroatoms. The molecule has 0 aromatic heterocycles. The van der Waals surface area contributed by atoms with Crippen LogP contribution in [-0.2, 0) is 4.74 Å². The van der Waals surface area contributed by atoms with Crippen molar-refractivity contribution < 1.29 is 4.74 Å². The summed E-state index contributed by atoms with van der Waals surface area (Å²) in [5.41, 5.74) is 0. The standard InChI is InChI=1S/C11H23NO/c1-3-7-11(13-2)10-12-8-5-4-6-9-12/h11H,3-10H2,1-2H3. The summed E-state index contributed by atoms with van der Waals surface area (Å²) in [7, 11) is 1.84. The second-order valence-electron chi connectivity index (χ2n) is 4.01. The van der Waals surface area contributed by atoms with Gasteiger partial charge in [0.2, 0.25) is 0 Å². The third-order valence-electron chi connectivity index (χ3n) is 2.85. The lowest BCUT2D eigenvalue weighted by molar-refractivity contribution is 0.0515. The van der Waals surface area contributed by atoms with Crippen molar-refractivity contribution >= 4 is 0 Å². The van der Waals surface area contributed by atoms with Crippen LogP contribution in [0.1, 0.15) is 39.0 Å². The lowest BCUT2D eigenvalue weighted by atomic mass is 10.1. The van der Waals surface area contributed by atoms with Crippen molar-refractivity contribution in [3.05, 3.63) is 0 Å². The van der Waals surface area contributed by atoms with E-state index < -0.39 is 0 Å². The van der Waals surface area contributed by atoms with E-state index in [-0.39, 0.29) is 0 Å². The van der Waals surface area contributed by atoms with Gasteiger partial charge in [-0.25, -0.2) is 0 Å². The molecule has 0 N–H and O–H groups in total. The fraction of sp³-hybridized carbons (Fsp3) is 1.00. The van der Waals surface area contributed by atoms with E-state index in [1.54, 1.807) is 0 Å². The van der Waals surface area contributed by atoms with Gasteiger partial charge in [0.1, 0.15) is 0 Å². The molecule has 1 aliphatic heterocycles. The number of likely N-dealkylation sites (tertiary alicyclic amines) is 1. The Morgan fingerprint density at radius 1 is 1.23 bits per heavy atom. The van der Waals surface area contributed by atoms with Crippen LogP contribution in [0.15, 0.2) is 0 Å². The summed E-state index contributed by atoms with van der Waals surface area (Å²) in [6.07, 6.45) is 7.06. The van der Waals surface area contributed by atoms with Gasteiger partial charge < -0.3 is 9.64 Å². The fourth-order valence-electron chi connectivity index (χ4n) is 2.04. The van der Waals surface area contributed by atoms with E-state index in [1.807, 2.05) is 7.11 Å². The third-order valence-corrected chi connectivity index (χ3v) is 2.85. The van der Waals surface area contributed by atoms with Gasteiger partial charge in [-0.2, -0.15) is 0 Å². The molecule has 1 rings (SSSR count). The van der Waals surface area contributed by atoms with Crippen molar-refractivity contribution in [3.8, 4) is 0 Å². The molecule has 0 aromatic rings. The predicted octanol–water partition coefficient (Wildman–Crippen LogP) is 2.29. The molecule has 1 aliphatic rings. The molecule has 0 spiro atoms. The van der Waals surface area contributed by atoms with Crippen LogP contribution in [0.3, 0.4) is 0 Å². The van der Waals surface area contributed by atoms with E-state index in [0.717, 1.165) is 6.54 Å². The Hall–Kier alpha value is -0.0800. The van der Waals surface area contributed by atoms with Gasteiger partial charge in [0.15, 0.2) is 0 Å². The maximum Gasteiger partial charge on any atom is 0.0698 e. The number of piperidine rings is 1. The lowest BCUT2D eigenvalue weighted by Gasteiger charge is -2.29. The van der Waals surface area contributed by atoms with Crippen LogP contribution in [0.5, 0.6) is 0 Å². The van der Waals surface area contributed by atoms with E-state index in [9.17, 15) is 0 Å². The fourth-order valence-corrected chi connectivity index (χ4v) is 2.04. The molecule has 1 unspecified atom stereocenters. The van der Waals surface area contributed by atoms with Gasteiger partial charge in [-0.15, -0.1) is 0 Å². The third kappa shape index (κ3) is 4.10. The van der Waals surface area contributed by atoms with Crippen LogP contribution in [0.2, 0.25) is 0 Å². The molecule has 1 heterocycles. The van der Waals surface area contributed by atoms with Crippen molar-refractivity contribution in [3.63, 3.8) is 0 Å². The van der Waals surface area contributed by atoms with Crippen LogP contribution < -0.4 is 0 Å². The Labute approximate surface area is 82.3 Å². The van der Waals surface area contributed by atoms with Crippen molar-refractivity contribution in [1.29, 1.82) is 0 Å². The summed E-state index contributed by atoms with van der Waals surface area (Å²) in [4.78, 5) is 2.55. The summed E-state index contributed by atoms with van der Waals surface area (Å²) in [5.74, 6) is 0. The number of nitrogens with zero attached hydrogens (tertiary/aromatic N) is 1. The topological polar surface area (TPSA) is 12.5 Å². The number of methoxy groups -OCH3 is 1. The Kier molecular flexibility index (Phi) is 5.40. The van der Waals surface area contributed by atoms with Gasteiger partial charge in [0.25, 0.3) is 0 Å². The van der Waals surface area contributed by atoms with E-state index in [1.165, 1.54) is 45.2 Å². The zero-order valence-corrected chi connectivity index (χ0v) is 9.09. The molecule has 1 atom stereocenters. The number of rotatable bonds is 5. The minimum atomic E-state index is 0.461. The molecular weight excluding hydrogens is 162 g/mol. The first-order valence-corrected chi connectivity index (χ1v) is 5.62. The minimum absolute atomic E-state index is 0.461. The maximum atomic E-state index is 5.45. The van der Waals surface area contributed by atoms with Crippen LogP contribution in [0, 0.1) is 0 Å². The van der Waals surface area contributed by atoms with Crippen LogP contribution in [0.4, 0.5) is 0 Å². The van der Waals surface area contributed by atoms with Crippen molar-refractivity contribution in [1.82, 2.24) is 4.90 Å². The van der Waals surface area contributed by atoms with E-state index in [0.29, 0.717) is 6.10 Å². The Bertz CT molecular complexity index is 119. The number of hydrogen-bond donors (Lipinski definition) is 0. The molecule has 0 amide bonds. The second kappa shape index (κ2) is 6.39. The van der Waals surface area contributed by atoms with Crippen molar-refractivity contribution in [2.75, 3.05) is 26.7 Å². The molecule has 0 aromatic carbocycles. The van der Waals surface area contributed by atoms with Crippen LogP contribution in [-0.4, -0.2) is 37.7 Å². The molecule has 0 bridgehead atoms. The Balaban J connectivity index is 2.18. The molecule has 0 radical (unpaired) electrons. The first-order valence-electron chi connectivity index (χ1n) is 5.62. The molecular formula is C11H23NO. The van der Waals surface area contributed by atoms with E-state index in [4.69, 9.17) is 4.74 Å². The number of hydrogen-bond acceptors (Lipinski definition) is 2. The second-order valence-corrected chi connectivity index (χ2v) is 4.01. The van der Waals surface area contributed by atoms with Gasteiger partial charge in [0.05, 0.1) is 6.10 Å². The predicted molar refractivity (Wildman–Crippen MR) is 56.0 cm³/mol. The molecule has 1 saturated heterocycles. The highest BCUT2D eigenvalue weighted by molar-refractivity contribution is 4.69. The quantitative estimate of drug-likeness (QED) is 0.651. The largest absolute Gasteiger partial charge is 0.380 e. The highest BCUT2D eigenvalue weighted by atomic mass is 16.5. The first-order chi connectivity index (χ1) is 6.36. The molecule has 2 nitrogen and oxygen atoms in total. The summed E-state index contributed by atoms with van der Waals surface area (Å²) < 4.78 is 5.45. The summed E-state index contributed by atoms with van der Waals surface area (Å²) in [6.45, 7) is 5.93. The minimum Gasteiger partial charge on any atom is -0.380 e. The molecule has 0 aliphatic carbocycles. The van der Waals surface area contributed by atoms with Gasteiger partial charge in [-0.3, -0.25) is 0 Å². The summed E-state index contributed by atoms with van der Waals surface area (Å²) >= 11 is 0. The Morgan fingerprint density at radius 2 is 1.92 bits per heavy atom. The van der Waals surface area contributed by atoms with E-state index in [2.05, 4.69) is 11.8 Å². The average molecular weight is 185 g/mol. The van der Waals surface area contributed by atoms with Crippen LogP contribution in [0.25, 0.3) is 0 Å². The summed E-state index contributed by atoms with van der Waals surface area (Å²) in [5, 5.41) is 0. The monoisotopic (exact) mass is 185 g/mol. The lowest BCUT2D eigenvalue weighted by Crippen LogP contribution is -2.37.